The monoisotopic (exact) mass is 257 g/mol. The van der Waals surface area contributed by atoms with E-state index < -0.39 is 0 Å². The second-order valence-electron chi connectivity index (χ2n) is 6.04. The van der Waals surface area contributed by atoms with Gasteiger partial charge in [-0.2, -0.15) is 0 Å². The summed E-state index contributed by atoms with van der Waals surface area (Å²) in [7, 11) is 0. The van der Waals surface area contributed by atoms with E-state index in [-0.39, 0.29) is 11.8 Å². The van der Waals surface area contributed by atoms with Crippen molar-refractivity contribution in [3.05, 3.63) is 35.9 Å². The summed E-state index contributed by atoms with van der Waals surface area (Å²) in [6.07, 6.45) is 6.67. The lowest BCUT2D eigenvalue weighted by Crippen LogP contribution is -2.44. The normalized spacial score (nSPS) is 28.9. The smallest absolute Gasteiger partial charge is 0.179 e. The molecule has 0 bridgehead atoms. The number of likely N-dealkylation sites (tertiary alicyclic amines) is 1. The molecule has 0 spiro atoms. The van der Waals surface area contributed by atoms with Gasteiger partial charge in [0.05, 0.1) is 6.04 Å². The zero-order valence-electron chi connectivity index (χ0n) is 11.7. The number of rotatable bonds is 3. The van der Waals surface area contributed by atoms with Crippen LogP contribution in [0.3, 0.4) is 0 Å². The highest BCUT2D eigenvalue weighted by molar-refractivity contribution is 5.99. The molecule has 1 aliphatic heterocycles. The first-order valence-corrected chi connectivity index (χ1v) is 7.62. The van der Waals surface area contributed by atoms with Gasteiger partial charge >= 0.3 is 0 Å². The minimum absolute atomic E-state index is 0.0375. The van der Waals surface area contributed by atoms with Gasteiger partial charge in [0.15, 0.2) is 5.78 Å². The highest BCUT2D eigenvalue weighted by Crippen LogP contribution is 2.37. The number of Topliss-reactive ketones (excluding diaryl/α,β-unsaturated/α-hetero) is 1. The summed E-state index contributed by atoms with van der Waals surface area (Å²) in [6, 6.07) is 10.4. The number of hydrogen-bond acceptors (Lipinski definition) is 2. The summed E-state index contributed by atoms with van der Waals surface area (Å²) in [6.45, 7) is 3.20. The van der Waals surface area contributed by atoms with Gasteiger partial charge in [-0.15, -0.1) is 0 Å². The van der Waals surface area contributed by atoms with Crippen LogP contribution in [0.1, 0.15) is 49.4 Å². The number of ketones is 1. The van der Waals surface area contributed by atoms with Gasteiger partial charge < -0.3 is 0 Å². The van der Waals surface area contributed by atoms with E-state index in [0.717, 1.165) is 18.0 Å². The predicted molar refractivity (Wildman–Crippen MR) is 77.3 cm³/mol. The number of hydrogen-bond donors (Lipinski definition) is 0. The van der Waals surface area contributed by atoms with Crippen LogP contribution in [-0.4, -0.2) is 29.3 Å². The van der Waals surface area contributed by atoms with Crippen LogP contribution in [0.2, 0.25) is 0 Å². The van der Waals surface area contributed by atoms with Crippen LogP contribution in [0, 0.1) is 5.92 Å². The largest absolute Gasteiger partial charge is 0.292 e. The molecule has 1 saturated carbocycles. The third-order valence-corrected chi connectivity index (χ3v) is 4.99. The van der Waals surface area contributed by atoms with Crippen LogP contribution in [0.25, 0.3) is 0 Å². The molecule has 0 N–H and O–H groups in total. The van der Waals surface area contributed by atoms with Crippen LogP contribution in [0.5, 0.6) is 0 Å². The fourth-order valence-corrected chi connectivity index (χ4v) is 3.92. The Morgan fingerprint density at radius 1 is 1.16 bits per heavy atom. The summed E-state index contributed by atoms with van der Waals surface area (Å²) >= 11 is 0. The number of fused-ring (bicyclic) bond motifs is 1. The molecule has 1 aromatic rings. The average molecular weight is 257 g/mol. The molecular formula is C17H23NO. The predicted octanol–water partition coefficient (Wildman–Crippen LogP) is 3.52. The number of carbonyl (C=O) groups is 1. The minimum atomic E-state index is 0.0375. The number of benzene rings is 1. The summed E-state index contributed by atoms with van der Waals surface area (Å²) in [5.74, 6) is 1.13. The van der Waals surface area contributed by atoms with Crippen LogP contribution >= 0.6 is 0 Å². The molecule has 1 aliphatic carbocycles. The molecule has 3 atom stereocenters. The zero-order valence-corrected chi connectivity index (χ0v) is 11.7. The Labute approximate surface area is 115 Å². The quantitative estimate of drug-likeness (QED) is 0.772. The minimum Gasteiger partial charge on any atom is -0.292 e. The Bertz CT molecular complexity index is 442. The molecule has 1 saturated heterocycles. The molecular weight excluding hydrogens is 234 g/mol. The van der Waals surface area contributed by atoms with E-state index in [0.29, 0.717) is 6.04 Å². The SMILES string of the molecule is CC(C(=O)c1ccccc1)N1CCC2CCCCC21. The van der Waals surface area contributed by atoms with Crippen LogP contribution < -0.4 is 0 Å². The van der Waals surface area contributed by atoms with Gasteiger partial charge in [-0.1, -0.05) is 43.2 Å². The van der Waals surface area contributed by atoms with Crippen molar-refractivity contribution in [3.63, 3.8) is 0 Å². The molecule has 3 unspecified atom stereocenters. The highest BCUT2D eigenvalue weighted by atomic mass is 16.1. The fourth-order valence-electron chi connectivity index (χ4n) is 3.92. The molecule has 2 fully saturated rings. The van der Waals surface area contributed by atoms with Gasteiger partial charge in [0.2, 0.25) is 0 Å². The van der Waals surface area contributed by atoms with Gasteiger partial charge in [0.1, 0.15) is 0 Å². The van der Waals surface area contributed by atoms with Gasteiger partial charge in [-0.3, -0.25) is 9.69 Å². The van der Waals surface area contributed by atoms with Crippen molar-refractivity contribution >= 4 is 5.78 Å². The van der Waals surface area contributed by atoms with Crippen molar-refractivity contribution in [2.45, 2.75) is 51.1 Å². The van der Waals surface area contributed by atoms with Gasteiger partial charge in [-0.25, -0.2) is 0 Å². The molecule has 0 amide bonds. The maximum absolute atomic E-state index is 12.6. The van der Waals surface area contributed by atoms with Gasteiger partial charge in [0.25, 0.3) is 0 Å². The Morgan fingerprint density at radius 2 is 1.89 bits per heavy atom. The topological polar surface area (TPSA) is 20.3 Å². The Hall–Kier alpha value is -1.15. The molecule has 2 nitrogen and oxygen atoms in total. The Morgan fingerprint density at radius 3 is 2.68 bits per heavy atom. The molecule has 102 valence electrons. The molecule has 0 aromatic heterocycles. The van der Waals surface area contributed by atoms with E-state index in [1.165, 1.54) is 32.1 Å². The van der Waals surface area contributed by atoms with E-state index in [1.54, 1.807) is 0 Å². The van der Waals surface area contributed by atoms with Crippen LogP contribution in [0.15, 0.2) is 30.3 Å². The fraction of sp³-hybridized carbons (Fsp3) is 0.588. The van der Waals surface area contributed by atoms with Crippen molar-refractivity contribution in [3.8, 4) is 0 Å². The third kappa shape index (κ3) is 2.46. The zero-order chi connectivity index (χ0) is 13.2. The maximum atomic E-state index is 12.6. The highest BCUT2D eigenvalue weighted by Gasteiger charge is 2.39. The summed E-state index contributed by atoms with van der Waals surface area (Å²) in [5, 5.41) is 0. The standard InChI is InChI=1S/C17H23NO/c1-13(17(19)15-8-3-2-4-9-15)18-12-11-14-7-5-6-10-16(14)18/h2-4,8-9,13-14,16H,5-7,10-12H2,1H3. The van der Waals surface area contributed by atoms with E-state index in [4.69, 9.17) is 0 Å². The van der Waals surface area contributed by atoms with Gasteiger partial charge in [-0.05, 0) is 38.6 Å². The van der Waals surface area contributed by atoms with Crippen molar-refractivity contribution in [2.75, 3.05) is 6.54 Å². The lowest BCUT2D eigenvalue weighted by Gasteiger charge is -2.34. The van der Waals surface area contributed by atoms with Crippen molar-refractivity contribution in [1.82, 2.24) is 4.90 Å². The first-order chi connectivity index (χ1) is 9.27. The second-order valence-corrected chi connectivity index (χ2v) is 6.04. The number of nitrogens with zero attached hydrogens (tertiary/aromatic N) is 1. The first-order valence-electron chi connectivity index (χ1n) is 7.62. The van der Waals surface area contributed by atoms with Crippen LogP contribution in [0.4, 0.5) is 0 Å². The Kier molecular flexibility index (Phi) is 3.69. The summed E-state index contributed by atoms with van der Waals surface area (Å²) in [4.78, 5) is 15.0. The lowest BCUT2D eigenvalue weighted by atomic mass is 9.85. The summed E-state index contributed by atoms with van der Waals surface area (Å²) in [5.41, 5.74) is 0.856. The van der Waals surface area contributed by atoms with Crippen molar-refractivity contribution in [1.29, 1.82) is 0 Å². The van der Waals surface area contributed by atoms with E-state index in [9.17, 15) is 4.79 Å². The molecule has 0 radical (unpaired) electrons. The van der Waals surface area contributed by atoms with E-state index in [2.05, 4.69) is 11.8 Å². The van der Waals surface area contributed by atoms with E-state index >= 15 is 0 Å². The molecule has 1 aromatic carbocycles. The number of carbonyl (C=O) groups excluding carboxylic acids is 1. The molecule has 1 heterocycles. The van der Waals surface area contributed by atoms with Gasteiger partial charge in [0, 0.05) is 11.6 Å². The molecule has 19 heavy (non-hydrogen) atoms. The van der Waals surface area contributed by atoms with Crippen molar-refractivity contribution in [2.24, 2.45) is 5.92 Å². The third-order valence-electron chi connectivity index (χ3n) is 4.99. The summed E-state index contributed by atoms with van der Waals surface area (Å²) < 4.78 is 0. The second kappa shape index (κ2) is 5.46. The first kappa shape index (κ1) is 12.9. The van der Waals surface area contributed by atoms with Crippen molar-refractivity contribution < 1.29 is 4.79 Å². The molecule has 3 rings (SSSR count). The van der Waals surface area contributed by atoms with Crippen LogP contribution in [-0.2, 0) is 0 Å². The lowest BCUT2D eigenvalue weighted by molar-refractivity contribution is 0.0771. The Balaban J connectivity index is 1.73. The molecule has 2 aliphatic rings. The average Bonchev–Trinajstić information content (AvgIpc) is 2.90. The molecule has 2 heteroatoms. The van der Waals surface area contributed by atoms with E-state index in [1.807, 2.05) is 30.3 Å². The maximum Gasteiger partial charge on any atom is 0.179 e.